The fourth-order valence-electron chi connectivity index (χ4n) is 5.36. The highest BCUT2D eigenvalue weighted by molar-refractivity contribution is 5.94. The molecule has 2 aromatic heterocycles. The largest absolute Gasteiger partial charge is 0.482 e. The normalized spacial score (nSPS) is 16.5. The van der Waals surface area contributed by atoms with E-state index in [0.717, 1.165) is 24.0 Å². The molecule has 3 aromatic rings. The quantitative estimate of drug-likeness (QED) is 0.331. The minimum Gasteiger partial charge on any atom is -0.482 e. The molecule has 11 nitrogen and oxygen atoms in total. The molecule has 0 aliphatic carbocycles. The van der Waals surface area contributed by atoms with Crippen LogP contribution < -0.4 is 15.4 Å². The molecule has 0 spiro atoms. The van der Waals surface area contributed by atoms with Crippen LogP contribution in [0, 0.1) is 12.7 Å². The molecule has 1 unspecified atom stereocenters. The van der Waals surface area contributed by atoms with Gasteiger partial charge in [-0.1, -0.05) is 0 Å². The Bertz CT molecular complexity index is 1410. The standard InChI is InChI=1S/C30H37FN6O5/c1-19-28(42-18-34-19)17-41-27-12-21-4-8-36(15-23(21)11-26(27)31)16-25(39)14-33-30(40)22-3-7-32-29(13-22)35-24-5-9-37(10-6-24)20(2)38/h3,7,11-13,18,24-25,39H,4-6,8-10,14-17H2,1-2H3,(H,32,35)(H,33,40). The number of fused-ring (bicyclic) bond motifs is 1. The number of benzene rings is 1. The van der Waals surface area contributed by atoms with E-state index >= 15 is 0 Å². The van der Waals surface area contributed by atoms with Gasteiger partial charge < -0.3 is 29.8 Å². The van der Waals surface area contributed by atoms with E-state index < -0.39 is 11.9 Å². The fraction of sp³-hybridized carbons (Fsp3) is 0.467. The maximum Gasteiger partial charge on any atom is 0.251 e. The number of rotatable bonds is 10. The van der Waals surface area contributed by atoms with Crippen LogP contribution in [0.2, 0.25) is 0 Å². The molecule has 1 saturated heterocycles. The number of aliphatic hydroxyl groups excluding tert-OH is 1. The zero-order chi connectivity index (χ0) is 29.6. The number of likely N-dealkylation sites (tertiary alicyclic amines) is 1. The van der Waals surface area contributed by atoms with Crippen LogP contribution >= 0.6 is 0 Å². The SMILES string of the molecule is CC(=O)N1CCC(Nc2cc(C(=O)NCC(O)CN3CCc4cc(OCc5ocnc5C)c(F)cc4C3)ccn2)CC1. The van der Waals surface area contributed by atoms with Crippen LogP contribution in [0.4, 0.5) is 10.2 Å². The number of carbonyl (C=O) groups excluding carboxylic acids is 2. The minimum absolute atomic E-state index is 0.0823. The number of aryl methyl sites for hydroxylation is 1. The zero-order valence-electron chi connectivity index (χ0n) is 23.9. The summed E-state index contributed by atoms with van der Waals surface area (Å²) in [7, 11) is 0. The van der Waals surface area contributed by atoms with Crippen molar-refractivity contribution < 1.29 is 28.2 Å². The summed E-state index contributed by atoms with van der Waals surface area (Å²) in [6, 6.07) is 6.72. The van der Waals surface area contributed by atoms with Crippen LogP contribution in [0.25, 0.3) is 0 Å². The number of hydrogen-bond acceptors (Lipinski definition) is 9. The molecule has 0 saturated carbocycles. The summed E-state index contributed by atoms with van der Waals surface area (Å²) in [4.78, 5) is 36.5. The van der Waals surface area contributed by atoms with Crippen molar-refractivity contribution in [3.63, 3.8) is 0 Å². The van der Waals surface area contributed by atoms with Crippen LogP contribution in [0.15, 0.2) is 41.3 Å². The minimum atomic E-state index is -0.793. The molecule has 224 valence electrons. The Labute approximate surface area is 244 Å². The maximum atomic E-state index is 14.8. The lowest BCUT2D eigenvalue weighted by Gasteiger charge is -2.32. The van der Waals surface area contributed by atoms with Gasteiger partial charge in [0.2, 0.25) is 5.91 Å². The van der Waals surface area contributed by atoms with Gasteiger partial charge in [0.05, 0.1) is 11.8 Å². The Kier molecular flexibility index (Phi) is 9.33. The van der Waals surface area contributed by atoms with Crippen molar-refractivity contribution in [2.75, 3.05) is 38.0 Å². The number of nitrogens with one attached hydrogen (secondary N) is 2. The van der Waals surface area contributed by atoms with Crippen LogP contribution in [0.1, 0.15) is 52.7 Å². The van der Waals surface area contributed by atoms with Crippen LogP contribution in [0.3, 0.4) is 0 Å². The lowest BCUT2D eigenvalue weighted by Crippen LogP contribution is -2.42. The van der Waals surface area contributed by atoms with Crippen molar-refractivity contribution in [1.29, 1.82) is 0 Å². The van der Waals surface area contributed by atoms with Gasteiger partial charge in [0, 0.05) is 64.0 Å². The van der Waals surface area contributed by atoms with Gasteiger partial charge >= 0.3 is 0 Å². The first-order valence-corrected chi connectivity index (χ1v) is 14.2. The second-order valence-electron chi connectivity index (χ2n) is 10.9. The smallest absolute Gasteiger partial charge is 0.251 e. The molecule has 2 aliphatic heterocycles. The topological polar surface area (TPSA) is 133 Å². The third-order valence-electron chi connectivity index (χ3n) is 7.83. The van der Waals surface area contributed by atoms with E-state index in [0.29, 0.717) is 62.0 Å². The van der Waals surface area contributed by atoms with Gasteiger partial charge in [0.1, 0.15) is 12.4 Å². The van der Waals surface area contributed by atoms with Crippen molar-refractivity contribution in [3.8, 4) is 5.75 Å². The van der Waals surface area contributed by atoms with E-state index in [1.54, 1.807) is 38.2 Å². The molecule has 1 fully saturated rings. The summed E-state index contributed by atoms with van der Waals surface area (Å²) in [5.41, 5.74) is 3.01. The summed E-state index contributed by atoms with van der Waals surface area (Å²) >= 11 is 0. The Morgan fingerprint density at radius 3 is 2.74 bits per heavy atom. The second kappa shape index (κ2) is 13.3. The number of carbonyl (C=O) groups is 2. The summed E-state index contributed by atoms with van der Waals surface area (Å²) in [6.45, 7) is 6.48. The first-order chi connectivity index (χ1) is 20.2. The number of hydrogen-bond donors (Lipinski definition) is 3. The van der Waals surface area contributed by atoms with Gasteiger partial charge in [-0.15, -0.1) is 0 Å². The number of aliphatic hydroxyl groups is 1. The molecule has 5 rings (SSSR count). The summed E-state index contributed by atoms with van der Waals surface area (Å²) in [6.07, 6.45) is 4.44. The Morgan fingerprint density at radius 1 is 1.19 bits per heavy atom. The van der Waals surface area contributed by atoms with Crippen molar-refractivity contribution in [3.05, 3.63) is 70.8 Å². The van der Waals surface area contributed by atoms with Gasteiger partial charge in [0.15, 0.2) is 23.7 Å². The molecule has 3 N–H and O–H groups in total. The van der Waals surface area contributed by atoms with Crippen LogP contribution in [-0.4, -0.2) is 81.6 Å². The molecular formula is C30H37FN6O5. The monoisotopic (exact) mass is 580 g/mol. The molecule has 0 bridgehead atoms. The molecule has 42 heavy (non-hydrogen) atoms. The Morgan fingerprint density at radius 2 is 2.00 bits per heavy atom. The number of pyridine rings is 1. The van der Waals surface area contributed by atoms with E-state index in [1.807, 2.05) is 9.80 Å². The zero-order valence-corrected chi connectivity index (χ0v) is 23.9. The highest BCUT2D eigenvalue weighted by atomic mass is 19.1. The Balaban J connectivity index is 1.08. The predicted molar refractivity (Wildman–Crippen MR) is 152 cm³/mol. The van der Waals surface area contributed by atoms with E-state index in [1.165, 1.54) is 12.5 Å². The predicted octanol–water partition coefficient (Wildman–Crippen LogP) is 2.67. The average Bonchev–Trinajstić information content (AvgIpc) is 3.39. The van der Waals surface area contributed by atoms with Crippen molar-refractivity contribution in [2.24, 2.45) is 0 Å². The molecule has 4 heterocycles. The lowest BCUT2D eigenvalue weighted by atomic mass is 9.99. The number of nitrogens with zero attached hydrogens (tertiary/aromatic N) is 4. The van der Waals surface area contributed by atoms with Gasteiger partial charge in [-0.25, -0.2) is 14.4 Å². The molecule has 2 aliphatic rings. The number of piperidine rings is 1. The summed E-state index contributed by atoms with van der Waals surface area (Å²) < 4.78 is 25.7. The van der Waals surface area contributed by atoms with E-state index in [4.69, 9.17) is 9.15 Å². The number of aromatic nitrogens is 2. The molecule has 2 amide bonds. The van der Waals surface area contributed by atoms with E-state index in [2.05, 4.69) is 20.6 Å². The number of anilines is 1. The highest BCUT2D eigenvalue weighted by Gasteiger charge is 2.23. The van der Waals surface area contributed by atoms with Crippen molar-refractivity contribution in [1.82, 2.24) is 25.1 Å². The molecule has 1 aromatic carbocycles. The van der Waals surface area contributed by atoms with E-state index in [-0.39, 0.29) is 36.8 Å². The van der Waals surface area contributed by atoms with E-state index in [9.17, 15) is 19.1 Å². The Hall–Kier alpha value is -4.03. The maximum absolute atomic E-state index is 14.8. The van der Waals surface area contributed by atoms with Crippen molar-refractivity contribution >= 4 is 17.6 Å². The number of halogens is 1. The summed E-state index contributed by atoms with van der Waals surface area (Å²) in [5, 5.41) is 16.8. The summed E-state index contributed by atoms with van der Waals surface area (Å²) in [5.74, 6) is 0.668. The van der Waals surface area contributed by atoms with Gasteiger partial charge in [-0.3, -0.25) is 14.5 Å². The van der Waals surface area contributed by atoms with Gasteiger partial charge in [-0.05, 0) is 61.6 Å². The molecular weight excluding hydrogens is 543 g/mol. The third-order valence-corrected chi connectivity index (χ3v) is 7.83. The number of ether oxygens (including phenoxy) is 1. The van der Waals surface area contributed by atoms with Crippen molar-refractivity contribution in [2.45, 2.75) is 58.4 Å². The molecule has 12 heteroatoms. The van der Waals surface area contributed by atoms with Crippen LogP contribution in [-0.2, 0) is 24.4 Å². The van der Waals surface area contributed by atoms with Gasteiger partial charge in [0.25, 0.3) is 5.91 Å². The highest BCUT2D eigenvalue weighted by Crippen LogP contribution is 2.28. The first-order valence-electron chi connectivity index (χ1n) is 14.2. The first kappa shape index (κ1) is 29.5. The van der Waals surface area contributed by atoms with Gasteiger partial charge in [-0.2, -0.15) is 0 Å². The molecule has 0 radical (unpaired) electrons. The number of oxazole rings is 1. The fourth-order valence-corrected chi connectivity index (χ4v) is 5.36. The second-order valence-corrected chi connectivity index (χ2v) is 10.9. The number of β-amino-alcohol motifs (C(OH)–C–C–N with tert-alkyl or cyclic N) is 1. The average molecular weight is 581 g/mol. The molecule has 1 atom stereocenters. The third kappa shape index (κ3) is 7.42. The lowest BCUT2D eigenvalue weighted by molar-refractivity contribution is -0.129. The van der Waals surface area contributed by atoms with Crippen LogP contribution in [0.5, 0.6) is 5.75 Å². The number of amides is 2.